The summed E-state index contributed by atoms with van der Waals surface area (Å²) in [6.45, 7) is 10.6. The maximum absolute atomic E-state index is 13.6. The van der Waals surface area contributed by atoms with Crippen LogP contribution in [0.4, 0.5) is 9.59 Å². The van der Waals surface area contributed by atoms with E-state index in [0.717, 1.165) is 53.0 Å². The number of aromatic nitrogens is 4. The molecule has 4 heterocycles. The van der Waals surface area contributed by atoms with Crippen LogP contribution in [-0.2, 0) is 14.3 Å². The third-order valence-electron chi connectivity index (χ3n) is 9.74. The highest BCUT2D eigenvalue weighted by atomic mass is 35.5. The molecule has 0 unspecified atom stereocenters. The number of aromatic amines is 2. The van der Waals surface area contributed by atoms with Crippen molar-refractivity contribution in [1.82, 2.24) is 35.1 Å². The summed E-state index contributed by atoms with van der Waals surface area (Å²) < 4.78 is 10.5. The van der Waals surface area contributed by atoms with E-state index in [0.29, 0.717) is 35.0 Å². The third kappa shape index (κ3) is 8.51. The van der Waals surface area contributed by atoms with Crippen LogP contribution in [0.25, 0.3) is 33.6 Å². The number of imidazole rings is 2. The van der Waals surface area contributed by atoms with E-state index in [1.165, 1.54) is 7.11 Å². The summed E-state index contributed by atoms with van der Waals surface area (Å²) >= 11 is 8.45. The zero-order valence-electron chi connectivity index (χ0n) is 31.2. The van der Waals surface area contributed by atoms with E-state index in [2.05, 4.69) is 45.8 Å². The Morgan fingerprint density at radius 1 is 0.943 bits per heavy atom. The van der Waals surface area contributed by atoms with E-state index < -0.39 is 17.7 Å². The first kappa shape index (κ1) is 38.2. The van der Waals surface area contributed by atoms with Gasteiger partial charge in [0.05, 0.1) is 31.1 Å². The van der Waals surface area contributed by atoms with E-state index in [1.807, 2.05) is 65.1 Å². The number of nitrogens with one attached hydrogen (secondary N) is 3. The normalized spacial score (nSPS) is 19.5. The fraction of sp³-hybridized carbons (Fsp3) is 0.462. The smallest absolute Gasteiger partial charge is 0.410 e. The van der Waals surface area contributed by atoms with Crippen LogP contribution in [0.1, 0.15) is 77.6 Å². The largest absolute Gasteiger partial charge is 0.453 e. The van der Waals surface area contributed by atoms with Crippen LogP contribution < -0.4 is 5.32 Å². The van der Waals surface area contributed by atoms with Crippen molar-refractivity contribution in [3.63, 3.8) is 0 Å². The minimum absolute atomic E-state index is 0.125. The van der Waals surface area contributed by atoms with E-state index in [4.69, 9.17) is 31.0 Å². The van der Waals surface area contributed by atoms with Gasteiger partial charge in [-0.1, -0.05) is 74.0 Å². The van der Waals surface area contributed by atoms with Gasteiger partial charge in [-0.25, -0.2) is 19.6 Å². The molecule has 2 aromatic carbocycles. The highest BCUT2D eigenvalue weighted by Crippen LogP contribution is 2.38. The van der Waals surface area contributed by atoms with Crippen molar-refractivity contribution in [2.75, 3.05) is 26.5 Å². The van der Waals surface area contributed by atoms with Crippen LogP contribution in [0.15, 0.2) is 54.7 Å². The maximum atomic E-state index is 13.6. The molecule has 3 N–H and O–H groups in total. The van der Waals surface area contributed by atoms with E-state index in [9.17, 15) is 14.4 Å². The van der Waals surface area contributed by atoms with Crippen molar-refractivity contribution in [3.8, 4) is 33.6 Å². The molecule has 2 aliphatic rings. The molecule has 3 amide bonds. The van der Waals surface area contributed by atoms with Crippen LogP contribution in [0.3, 0.4) is 0 Å². The van der Waals surface area contributed by atoms with Gasteiger partial charge in [-0.2, -0.15) is 11.8 Å². The molecule has 2 fully saturated rings. The minimum atomic E-state index is -0.715. The molecular formula is C39H48ClN7O5S. The quantitative estimate of drug-likeness (QED) is 0.155. The second-order valence-corrected chi connectivity index (χ2v) is 16.4. The zero-order valence-corrected chi connectivity index (χ0v) is 32.8. The first-order valence-corrected chi connectivity index (χ1v) is 19.6. The summed E-state index contributed by atoms with van der Waals surface area (Å²) in [6.07, 6.45) is 5.29. The summed E-state index contributed by atoms with van der Waals surface area (Å²) in [5.41, 5.74) is 4.84. The summed E-state index contributed by atoms with van der Waals surface area (Å²) in [4.78, 5) is 58.4. The number of hydrogen-bond acceptors (Lipinski definition) is 8. The Morgan fingerprint density at radius 3 is 2.19 bits per heavy atom. The van der Waals surface area contributed by atoms with Gasteiger partial charge in [-0.3, -0.25) is 9.69 Å². The minimum Gasteiger partial charge on any atom is -0.453 e. The fourth-order valence-corrected chi connectivity index (χ4v) is 7.91. The number of ether oxygens (including phenoxy) is 2. The van der Waals surface area contributed by atoms with Crippen molar-refractivity contribution < 1.29 is 23.9 Å². The summed E-state index contributed by atoms with van der Waals surface area (Å²) in [5, 5.41) is 3.40. The number of carbonyl (C=O) groups is 3. The molecule has 0 aliphatic carbocycles. The average molecular weight is 762 g/mol. The molecule has 53 heavy (non-hydrogen) atoms. The number of likely N-dealkylation sites (tertiary alicyclic amines) is 2. The van der Waals surface area contributed by atoms with E-state index in [-0.39, 0.29) is 30.0 Å². The number of nitrogens with zero attached hydrogens (tertiary/aromatic N) is 4. The number of carbonyl (C=O) groups excluding carboxylic acids is 3. The Morgan fingerprint density at radius 2 is 1.58 bits per heavy atom. The summed E-state index contributed by atoms with van der Waals surface area (Å²) in [5.74, 6) is 1.07. The molecule has 14 heteroatoms. The molecule has 0 saturated carbocycles. The average Bonchev–Trinajstić information content (AvgIpc) is 3.95. The molecule has 4 atom stereocenters. The van der Waals surface area contributed by atoms with Gasteiger partial charge < -0.3 is 29.7 Å². The number of alkyl carbamates (subject to hydrolysis) is 1. The van der Waals surface area contributed by atoms with Crippen molar-refractivity contribution in [2.45, 2.75) is 82.9 Å². The monoisotopic (exact) mass is 761 g/mol. The van der Waals surface area contributed by atoms with Crippen molar-refractivity contribution in [3.05, 3.63) is 71.5 Å². The summed E-state index contributed by atoms with van der Waals surface area (Å²) in [6, 6.07) is 15.1. The molecule has 12 nitrogen and oxygen atoms in total. The number of H-pyrrole nitrogens is 2. The topological polar surface area (TPSA) is 146 Å². The molecule has 2 aromatic heterocycles. The van der Waals surface area contributed by atoms with Crippen LogP contribution in [0.2, 0.25) is 5.15 Å². The number of rotatable bonds is 9. The highest BCUT2D eigenvalue weighted by molar-refractivity contribution is 7.99. The fourth-order valence-electron chi connectivity index (χ4n) is 6.98. The Kier molecular flexibility index (Phi) is 11.4. The molecule has 2 aliphatic heterocycles. The van der Waals surface area contributed by atoms with Crippen molar-refractivity contribution in [2.24, 2.45) is 5.92 Å². The van der Waals surface area contributed by atoms with Gasteiger partial charge in [0.15, 0.2) is 0 Å². The standard InChI is InChI=1S/C39H48ClN7O5S/c1-22(2)31(44-37(49)51-6)36(48)46-18-8-9-29(46)35-43-32(33(40)45-35)26-16-12-24(13-17-26)23-10-14-25(15-11-23)28-20-41-34(42-28)30-19-27(53-7)21-47(30)38(50)52-39(3,4)5/h10-17,20,22,27,29-31H,8-9,18-19,21H2,1-7H3,(H,41,42)(H,43,45)(H,44,49)/t27-,29-,30-,31-/m0/s1. The lowest BCUT2D eigenvalue weighted by Crippen LogP contribution is -2.51. The Labute approximate surface area is 319 Å². The lowest BCUT2D eigenvalue weighted by Gasteiger charge is -2.29. The van der Waals surface area contributed by atoms with Gasteiger partial charge in [0.2, 0.25) is 5.91 Å². The molecule has 0 bridgehead atoms. The number of thioether (sulfide) groups is 1. The van der Waals surface area contributed by atoms with Gasteiger partial charge in [0, 0.05) is 23.9 Å². The molecule has 0 radical (unpaired) electrons. The van der Waals surface area contributed by atoms with E-state index in [1.54, 1.807) is 21.6 Å². The van der Waals surface area contributed by atoms with Gasteiger partial charge in [-0.15, -0.1) is 0 Å². The van der Waals surface area contributed by atoms with Gasteiger partial charge in [0.1, 0.15) is 34.1 Å². The second kappa shape index (κ2) is 15.9. The van der Waals surface area contributed by atoms with Crippen LogP contribution in [0.5, 0.6) is 0 Å². The maximum Gasteiger partial charge on any atom is 0.410 e. The number of hydrogen-bond donors (Lipinski definition) is 3. The third-order valence-corrected chi connectivity index (χ3v) is 11.0. The SMILES string of the molecule is COC(=O)N[C@H](C(=O)N1CCC[C@H]1c1nc(-c2ccc(-c3ccc(-c4cnc([C@@H]5C[C@H](SC)CN5C(=O)OC(C)(C)C)[nH]4)cc3)cc2)c(Cl)[nH]1)C(C)C. The van der Waals surface area contributed by atoms with Crippen LogP contribution >= 0.6 is 23.4 Å². The Hall–Kier alpha value is -4.49. The molecule has 2 saturated heterocycles. The molecule has 0 spiro atoms. The Balaban J connectivity index is 1.14. The lowest BCUT2D eigenvalue weighted by atomic mass is 10.0. The van der Waals surface area contributed by atoms with Gasteiger partial charge in [0.25, 0.3) is 0 Å². The number of amides is 3. The first-order chi connectivity index (χ1) is 25.3. The first-order valence-electron chi connectivity index (χ1n) is 17.9. The Bertz CT molecular complexity index is 1920. The molecular weight excluding hydrogens is 714 g/mol. The van der Waals surface area contributed by atoms with E-state index >= 15 is 0 Å². The summed E-state index contributed by atoms with van der Waals surface area (Å²) in [7, 11) is 1.28. The molecule has 6 rings (SSSR count). The second-order valence-electron chi connectivity index (χ2n) is 14.9. The van der Waals surface area contributed by atoms with Gasteiger partial charge >= 0.3 is 12.2 Å². The number of benzene rings is 2. The van der Waals surface area contributed by atoms with Gasteiger partial charge in [-0.05, 0) is 68.9 Å². The number of halogens is 1. The van der Waals surface area contributed by atoms with Crippen molar-refractivity contribution in [1.29, 1.82) is 0 Å². The highest BCUT2D eigenvalue weighted by Gasteiger charge is 2.40. The molecule has 4 aromatic rings. The lowest BCUT2D eigenvalue weighted by molar-refractivity contribution is -0.135. The molecule has 282 valence electrons. The van der Waals surface area contributed by atoms with Crippen molar-refractivity contribution >= 4 is 41.5 Å². The van der Waals surface area contributed by atoms with Crippen LogP contribution in [-0.4, -0.2) is 91.2 Å². The number of methoxy groups -OCH3 is 1. The predicted molar refractivity (Wildman–Crippen MR) is 208 cm³/mol. The van der Waals surface area contributed by atoms with Crippen LogP contribution in [0, 0.1) is 5.92 Å². The zero-order chi connectivity index (χ0) is 38.0. The predicted octanol–water partition coefficient (Wildman–Crippen LogP) is 8.24.